The molecule has 0 heterocycles. The number of methoxy groups -OCH3 is 2. The van der Waals surface area contributed by atoms with Crippen molar-refractivity contribution in [3.8, 4) is 17.6 Å². The van der Waals surface area contributed by atoms with Crippen molar-refractivity contribution in [2.45, 2.75) is 6.61 Å². The number of carbonyl (C=O) groups excluding carboxylic acids is 1. The molecular weight excluding hydrogens is 208 g/mol. The summed E-state index contributed by atoms with van der Waals surface area (Å²) in [5, 5.41) is 9.01. The van der Waals surface area contributed by atoms with Crippen molar-refractivity contribution in [1.82, 2.24) is 0 Å². The maximum Gasteiger partial charge on any atom is 0.384 e. The molecule has 0 spiro atoms. The molecule has 1 aromatic rings. The number of benzene rings is 1. The third kappa shape index (κ3) is 3.01. The van der Waals surface area contributed by atoms with Crippen molar-refractivity contribution in [3.63, 3.8) is 0 Å². The number of hydrogen-bond acceptors (Lipinski definition) is 4. The summed E-state index contributed by atoms with van der Waals surface area (Å²) in [6, 6.07) is 5.05. The molecule has 0 bridgehead atoms. The van der Waals surface area contributed by atoms with Gasteiger partial charge in [0.15, 0.2) is 0 Å². The summed E-state index contributed by atoms with van der Waals surface area (Å²) < 4.78 is 9.46. The Labute approximate surface area is 93.8 Å². The molecule has 1 rings (SSSR count). The molecule has 0 fully saturated rings. The van der Waals surface area contributed by atoms with Crippen molar-refractivity contribution < 1.29 is 19.4 Å². The first kappa shape index (κ1) is 12.1. The average molecular weight is 220 g/mol. The van der Waals surface area contributed by atoms with Gasteiger partial charge in [0.1, 0.15) is 5.75 Å². The lowest BCUT2D eigenvalue weighted by atomic mass is 10.1. The molecule has 16 heavy (non-hydrogen) atoms. The molecule has 0 saturated heterocycles. The number of carbonyl (C=O) groups is 1. The number of hydrogen-bond donors (Lipinski definition) is 1. The topological polar surface area (TPSA) is 55.8 Å². The standard InChI is InChI=1S/C12H12O4/c1-15-11-7-9(3-5-10(11)8-13)4-6-12(14)16-2/h3,5,7,13H,8H2,1-2H3. The quantitative estimate of drug-likeness (QED) is 0.589. The lowest BCUT2D eigenvalue weighted by Gasteiger charge is -2.05. The monoisotopic (exact) mass is 220 g/mol. The Morgan fingerprint density at radius 1 is 1.44 bits per heavy atom. The van der Waals surface area contributed by atoms with Gasteiger partial charge in [-0.15, -0.1) is 0 Å². The van der Waals surface area contributed by atoms with Gasteiger partial charge in [0, 0.05) is 17.0 Å². The lowest BCUT2D eigenvalue weighted by Crippen LogP contribution is -1.95. The van der Waals surface area contributed by atoms with Crippen LogP contribution in [0.5, 0.6) is 5.75 Å². The zero-order valence-corrected chi connectivity index (χ0v) is 9.11. The summed E-state index contributed by atoms with van der Waals surface area (Å²) in [6.07, 6.45) is 0. The fourth-order valence-electron chi connectivity index (χ4n) is 1.13. The van der Waals surface area contributed by atoms with Crippen LogP contribution in [0, 0.1) is 11.8 Å². The number of aliphatic hydroxyl groups excluding tert-OH is 1. The Morgan fingerprint density at radius 2 is 2.19 bits per heavy atom. The first-order valence-electron chi connectivity index (χ1n) is 4.59. The van der Waals surface area contributed by atoms with E-state index in [4.69, 9.17) is 9.84 Å². The second-order valence-electron chi connectivity index (χ2n) is 2.93. The minimum absolute atomic E-state index is 0.103. The van der Waals surface area contributed by atoms with Crippen LogP contribution in [0.2, 0.25) is 0 Å². The van der Waals surface area contributed by atoms with Gasteiger partial charge in [0.25, 0.3) is 0 Å². The smallest absolute Gasteiger partial charge is 0.384 e. The van der Waals surface area contributed by atoms with Gasteiger partial charge >= 0.3 is 5.97 Å². The molecule has 0 aromatic heterocycles. The van der Waals surface area contributed by atoms with E-state index in [1.165, 1.54) is 14.2 Å². The Morgan fingerprint density at radius 3 is 2.75 bits per heavy atom. The molecule has 0 aliphatic carbocycles. The molecular formula is C12H12O4. The second kappa shape index (κ2) is 5.79. The highest BCUT2D eigenvalue weighted by Gasteiger charge is 2.02. The second-order valence-corrected chi connectivity index (χ2v) is 2.93. The van der Waals surface area contributed by atoms with Crippen LogP contribution < -0.4 is 4.74 Å². The molecule has 1 N–H and O–H groups in total. The van der Waals surface area contributed by atoms with Gasteiger partial charge in [-0.05, 0) is 12.1 Å². The fourth-order valence-corrected chi connectivity index (χ4v) is 1.13. The van der Waals surface area contributed by atoms with Crippen LogP contribution >= 0.6 is 0 Å². The van der Waals surface area contributed by atoms with E-state index in [9.17, 15) is 4.79 Å². The Bertz CT molecular complexity index is 440. The highest BCUT2D eigenvalue weighted by molar-refractivity contribution is 5.89. The summed E-state index contributed by atoms with van der Waals surface area (Å²) in [7, 11) is 2.78. The molecule has 0 radical (unpaired) electrons. The Kier molecular flexibility index (Phi) is 4.37. The molecule has 0 unspecified atom stereocenters. The summed E-state index contributed by atoms with van der Waals surface area (Å²) in [5.74, 6) is 4.89. The summed E-state index contributed by atoms with van der Waals surface area (Å²) in [6.45, 7) is -0.103. The first-order chi connectivity index (χ1) is 7.71. The van der Waals surface area contributed by atoms with Gasteiger partial charge in [-0.25, -0.2) is 4.79 Å². The van der Waals surface area contributed by atoms with Crippen LogP contribution in [-0.4, -0.2) is 25.3 Å². The predicted molar refractivity (Wildman–Crippen MR) is 57.8 cm³/mol. The SMILES string of the molecule is COC(=O)C#Cc1ccc(CO)c(OC)c1. The van der Waals surface area contributed by atoms with Crippen LogP contribution in [0.4, 0.5) is 0 Å². The van der Waals surface area contributed by atoms with Crippen molar-refractivity contribution in [3.05, 3.63) is 29.3 Å². The third-order valence-electron chi connectivity index (χ3n) is 1.95. The molecule has 0 saturated carbocycles. The lowest BCUT2D eigenvalue weighted by molar-refractivity contribution is -0.133. The van der Waals surface area contributed by atoms with Gasteiger partial charge in [-0.3, -0.25) is 0 Å². The van der Waals surface area contributed by atoms with Gasteiger partial charge in [0.05, 0.1) is 20.8 Å². The van der Waals surface area contributed by atoms with E-state index in [1.807, 2.05) is 0 Å². The molecule has 84 valence electrons. The van der Waals surface area contributed by atoms with Gasteiger partial charge in [-0.1, -0.05) is 12.0 Å². The molecule has 0 aliphatic rings. The molecule has 0 amide bonds. The van der Waals surface area contributed by atoms with E-state index in [-0.39, 0.29) is 6.61 Å². The van der Waals surface area contributed by atoms with Crippen LogP contribution in [0.3, 0.4) is 0 Å². The zero-order valence-electron chi connectivity index (χ0n) is 9.11. The van der Waals surface area contributed by atoms with E-state index >= 15 is 0 Å². The van der Waals surface area contributed by atoms with Crippen LogP contribution in [0.1, 0.15) is 11.1 Å². The first-order valence-corrected chi connectivity index (χ1v) is 4.59. The predicted octanol–water partition coefficient (Wildman–Crippen LogP) is 0.712. The van der Waals surface area contributed by atoms with Crippen LogP contribution in [0.15, 0.2) is 18.2 Å². The number of esters is 1. The Hall–Kier alpha value is -1.99. The minimum Gasteiger partial charge on any atom is -0.496 e. The third-order valence-corrected chi connectivity index (χ3v) is 1.95. The van der Waals surface area contributed by atoms with Crippen molar-refractivity contribution in [2.24, 2.45) is 0 Å². The fraction of sp³-hybridized carbons (Fsp3) is 0.250. The molecule has 1 aromatic carbocycles. The van der Waals surface area contributed by atoms with E-state index in [1.54, 1.807) is 18.2 Å². The maximum absolute atomic E-state index is 10.8. The zero-order chi connectivity index (χ0) is 12.0. The van der Waals surface area contributed by atoms with Gasteiger partial charge < -0.3 is 14.6 Å². The van der Waals surface area contributed by atoms with E-state index in [0.29, 0.717) is 16.9 Å². The normalized spacial score (nSPS) is 8.94. The highest BCUT2D eigenvalue weighted by Crippen LogP contribution is 2.19. The summed E-state index contributed by atoms with van der Waals surface area (Å²) in [5.41, 5.74) is 1.30. The van der Waals surface area contributed by atoms with Crippen LogP contribution in [0.25, 0.3) is 0 Å². The number of rotatable bonds is 2. The van der Waals surface area contributed by atoms with E-state index < -0.39 is 5.97 Å². The van der Waals surface area contributed by atoms with Crippen molar-refractivity contribution >= 4 is 5.97 Å². The van der Waals surface area contributed by atoms with E-state index in [2.05, 4.69) is 16.6 Å². The summed E-state index contributed by atoms with van der Waals surface area (Å²) >= 11 is 0. The van der Waals surface area contributed by atoms with Gasteiger partial charge in [-0.2, -0.15) is 0 Å². The van der Waals surface area contributed by atoms with Crippen molar-refractivity contribution in [1.29, 1.82) is 0 Å². The van der Waals surface area contributed by atoms with E-state index in [0.717, 1.165) is 0 Å². The number of aliphatic hydroxyl groups is 1. The molecule has 0 atom stereocenters. The molecule has 4 heteroatoms. The number of ether oxygens (including phenoxy) is 2. The molecule has 4 nitrogen and oxygen atoms in total. The molecule has 0 aliphatic heterocycles. The highest BCUT2D eigenvalue weighted by atomic mass is 16.5. The maximum atomic E-state index is 10.8. The Balaban J connectivity index is 2.98. The van der Waals surface area contributed by atoms with Crippen molar-refractivity contribution in [2.75, 3.05) is 14.2 Å². The van der Waals surface area contributed by atoms with Gasteiger partial charge in [0.2, 0.25) is 0 Å². The summed E-state index contributed by atoms with van der Waals surface area (Å²) in [4.78, 5) is 10.8. The minimum atomic E-state index is -0.592. The average Bonchev–Trinajstić information content (AvgIpc) is 2.35. The largest absolute Gasteiger partial charge is 0.496 e. The van der Waals surface area contributed by atoms with Crippen LogP contribution in [-0.2, 0) is 16.1 Å².